The number of morpholine rings is 1. The summed E-state index contributed by atoms with van der Waals surface area (Å²) in [7, 11) is 5.29. The van der Waals surface area contributed by atoms with E-state index in [2.05, 4.69) is 22.0 Å². The molecule has 1 aromatic heterocycles. The van der Waals surface area contributed by atoms with E-state index in [9.17, 15) is 0 Å². The maximum Gasteiger partial charge on any atom is 0.338 e. The summed E-state index contributed by atoms with van der Waals surface area (Å²) < 4.78 is 27.0. The topological polar surface area (TPSA) is 84.8 Å². The molecule has 1 aromatic rings. The van der Waals surface area contributed by atoms with E-state index in [1.807, 2.05) is 0 Å². The van der Waals surface area contributed by atoms with Crippen molar-refractivity contribution in [2.24, 2.45) is 0 Å². The van der Waals surface area contributed by atoms with E-state index in [1.165, 1.54) is 0 Å². The summed E-state index contributed by atoms with van der Waals surface area (Å²) in [6, 6.07) is 0.482. The van der Waals surface area contributed by atoms with E-state index < -0.39 is 0 Å². The van der Waals surface area contributed by atoms with Gasteiger partial charge in [-0.25, -0.2) is 0 Å². The maximum atomic E-state index is 5.53. The number of halogens is 1. The lowest BCUT2D eigenvalue weighted by molar-refractivity contribution is -0.00000842. The fourth-order valence-corrected chi connectivity index (χ4v) is 2.08. The Kier molecular flexibility index (Phi) is 9.16. The van der Waals surface area contributed by atoms with Crippen LogP contribution in [0.4, 0.5) is 5.95 Å². The fraction of sp³-hybridized carbons (Fsp3) is 0.786. The van der Waals surface area contributed by atoms with E-state index in [0.29, 0.717) is 50.1 Å². The Morgan fingerprint density at radius 2 is 1.38 bits per heavy atom. The third kappa shape index (κ3) is 5.99. The molecule has 1 fully saturated rings. The summed E-state index contributed by atoms with van der Waals surface area (Å²) in [5, 5.41) is 0. The Labute approximate surface area is 148 Å². The highest BCUT2D eigenvalue weighted by molar-refractivity contribution is 5.28. The molecule has 2 heterocycles. The zero-order valence-electron chi connectivity index (χ0n) is 14.4. The van der Waals surface area contributed by atoms with Crippen molar-refractivity contribution >= 4 is 5.95 Å². The van der Waals surface area contributed by atoms with Gasteiger partial charge in [0.05, 0.1) is 33.5 Å². The monoisotopic (exact) mass is 364 g/mol. The first kappa shape index (κ1) is 20.8. The lowest BCUT2D eigenvalue weighted by Gasteiger charge is -2.34. The van der Waals surface area contributed by atoms with E-state index in [-0.39, 0.29) is 24.4 Å². The maximum absolute atomic E-state index is 5.53. The van der Waals surface area contributed by atoms with Crippen LogP contribution in [0, 0.1) is 0 Å². The summed E-state index contributed by atoms with van der Waals surface area (Å²) >= 11 is 0. The number of quaternary nitrogens is 1. The molecule has 24 heavy (non-hydrogen) atoms. The first-order valence-electron chi connectivity index (χ1n) is 7.60. The van der Waals surface area contributed by atoms with Crippen molar-refractivity contribution in [1.29, 1.82) is 0 Å². The van der Waals surface area contributed by atoms with E-state index in [4.69, 9.17) is 23.7 Å². The molecule has 2 rings (SSSR count). The van der Waals surface area contributed by atoms with Gasteiger partial charge in [-0.2, -0.15) is 0 Å². The van der Waals surface area contributed by atoms with Crippen LogP contribution in [0.3, 0.4) is 0 Å². The van der Waals surface area contributed by atoms with E-state index in [1.54, 1.807) is 14.2 Å². The quantitative estimate of drug-likeness (QED) is 0.336. The Hall–Kier alpha value is -1.26. The summed E-state index contributed by atoms with van der Waals surface area (Å²) in [6.45, 7) is 4.57. The molecule has 138 valence electrons. The van der Waals surface area contributed by atoms with Crippen molar-refractivity contribution in [3.63, 3.8) is 0 Å². The number of aromatic nitrogens is 3. The van der Waals surface area contributed by atoms with Gasteiger partial charge in [0.2, 0.25) is 0 Å². The largest absolute Gasteiger partial charge is 1.00 e. The van der Waals surface area contributed by atoms with E-state index in [0.717, 1.165) is 13.1 Å². The smallest absolute Gasteiger partial charge is 0.338 e. The van der Waals surface area contributed by atoms with Gasteiger partial charge in [-0.3, -0.25) is 4.48 Å². The van der Waals surface area contributed by atoms with Crippen LogP contribution in [0.5, 0.6) is 12.0 Å². The van der Waals surface area contributed by atoms with Crippen LogP contribution in [-0.2, 0) is 14.2 Å². The number of hydrogen-bond donors (Lipinski definition) is 0. The first-order valence-corrected chi connectivity index (χ1v) is 7.60. The Morgan fingerprint density at radius 3 is 1.83 bits per heavy atom. The third-order valence-corrected chi connectivity index (χ3v) is 3.56. The molecule has 0 saturated carbocycles. The summed E-state index contributed by atoms with van der Waals surface area (Å²) in [5.41, 5.74) is 0. The van der Waals surface area contributed by atoms with Gasteiger partial charge in [-0.15, -0.1) is 15.0 Å². The van der Waals surface area contributed by atoms with Crippen LogP contribution in [0.25, 0.3) is 0 Å². The minimum atomic E-state index is 0. The molecule has 0 aliphatic carbocycles. The van der Waals surface area contributed by atoms with Crippen molar-refractivity contribution in [1.82, 2.24) is 19.4 Å². The standard InChI is InChI=1S/C14H25N4O5.ClH/c1-18(4-6-21-7-5-18)12-15-13(22-10-8-19-2)17-14(16-12)23-11-9-20-3;/h4-11H2,1-3H3;1H/q+1;/p-1. The summed E-state index contributed by atoms with van der Waals surface area (Å²) in [5.74, 6) is 0.614. The van der Waals surface area contributed by atoms with Crippen molar-refractivity contribution < 1.29 is 36.1 Å². The molecule has 0 bridgehead atoms. The predicted octanol–water partition coefficient (Wildman–Crippen LogP) is -3.11. The van der Waals surface area contributed by atoms with Gasteiger partial charge < -0.3 is 36.1 Å². The van der Waals surface area contributed by atoms with Crippen LogP contribution in [-0.4, -0.2) is 89.0 Å². The highest BCUT2D eigenvalue weighted by Crippen LogP contribution is 2.22. The van der Waals surface area contributed by atoms with Gasteiger partial charge in [0.25, 0.3) is 0 Å². The van der Waals surface area contributed by atoms with Gasteiger partial charge in [-0.1, -0.05) is 0 Å². The molecule has 0 unspecified atom stereocenters. The molecule has 0 atom stereocenters. The molecule has 0 amide bonds. The highest BCUT2D eigenvalue weighted by Gasteiger charge is 2.33. The normalized spacial score (nSPS) is 16.3. The number of hydrogen-bond acceptors (Lipinski definition) is 8. The zero-order chi connectivity index (χ0) is 16.5. The number of likely N-dealkylation sites (N-methyl/N-ethyl adjacent to an activating group) is 1. The zero-order valence-corrected chi connectivity index (χ0v) is 15.1. The lowest BCUT2D eigenvalue weighted by atomic mass is 10.4. The average Bonchev–Trinajstić information content (AvgIpc) is 2.56. The summed E-state index contributed by atoms with van der Waals surface area (Å²) in [6.07, 6.45) is 0. The fourth-order valence-electron chi connectivity index (χ4n) is 2.08. The second-order valence-electron chi connectivity index (χ2n) is 5.34. The number of ether oxygens (including phenoxy) is 5. The molecule has 0 radical (unpaired) electrons. The average molecular weight is 365 g/mol. The Morgan fingerprint density at radius 1 is 0.875 bits per heavy atom. The SMILES string of the molecule is COCCOc1nc(OCCOC)nc([N+]2(C)CCOCC2)n1.[Cl-]. The van der Waals surface area contributed by atoms with Crippen LogP contribution in [0.15, 0.2) is 0 Å². The van der Waals surface area contributed by atoms with Crippen LogP contribution in [0.2, 0.25) is 0 Å². The van der Waals surface area contributed by atoms with Crippen LogP contribution < -0.4 is 26.4 Å². The Balaban J connectivity index is 0.00000288. The molecule has 10 heteroatoms. The van der Waals surface area contributed by atoms with Crippen LogP contribution >= 0.6 is 0 Å². The molecular weight excluding hydrogens is 340 g/mol. The molecular formula is C14H25ClN4O5. The predicted molar refractivity (Wildman–Crippen MR) is 82.8 cm³/mol. The molecule has 0 N–H and O–H groups in total. The molecule has 0 spiro atoms. The van der Waals surface area contributed by atoms with Crippen molar-refractivity contribution in [3.05, 3.63) is 0 Å². The van der Waals surface area contributed by atoms with Gasteiger partial charge in [0.15, 0.2) is 0 Å². The molecule has 1 saturated heterocycles. The van der Waals surface area contributed by atoms with E-state index >= 15 is 0 Å². The van der Waals surface area contributed by atoms with Gasteiger partial charge >= 0.3 is 18.0 Å². The molecule has 0 aromatic carbocycles. The molecule has 1 aliphatic heterocycles. The van der Waals surface area contributed by atoms with Gasteiger partial charge in [0.1, 0.15) is 26.3 Å². The number of rotatable bonds is 9. The summed E-state index contributed by atoms with van der Waals surface area (Å²) in [4.78, 5) is 13.1. The molecule has 1 aliphatic rings. The molecule has 9 nitrogen and oxygen atoms in total. The van der Waals surface area contributed by atoms with Crippen molar-refractivity contribution in [2.45, 2.75) is 0 Å². The second-order valence-corrected chi connectivity index (χ2v) is 5.34. The Bertz CT molecular complexity index is 460. The van der Waals surface area contributed by atoms with Gasteiger partial charge in [0, 0.05) is 14.2 Å². The lowest BCUT2D eigenvalue weighted by Crippen LogP contribution is -3.00. The number of nitrogens with zero attached hydrogens (tertiary/aromatic N) is 4. The van der Waals surface area contributed by atoms with Crippen molar-refractivity contribution in [2.75, 3.05) is 74.0 Å². The first-order chi connectivity index (χ1) is 11.2. The van der Waals surface area contributed by atoms with Crippen LogP contribution in [0.1, 0.15) is 0 Å². The highest BCUT2D eigenvalue weighted by atomic mass is 35.5. The van der Waals surface area contributed by atoms with Crippen molar-refractivity contribution in [3.8, 4) is 12.0 Å². The van der Waals surface area contributed by atoms with Gasteiger partial charge in [-0.05, 0) is 0 Å². The minimum absolute atomic E-state index is 0. The number of methoxy groups -OCH3 is 2. The second kappa shape index (κ2) is 10.6. The minimum Gasteiger partial charge on any atom is -1.00 e. The third-order valence-electron chi connectivity index (χ3n) is 3.56.